The number of unbranched alkanes of at least 4 members (excludes halogenated alkanes) is 5. The Morgan fingerprint density at radius 2 is 1.50 bits per heavy atom. The van der Waals surface area contributed by atoms with Crippen molar-refractivity contribution in [3.05, 3.63) is 11.6 Å². The van der Waals surface area contributed by atoms with Gasteiger partial charge >= 0.3 is 6.09 Å². The van der Waals surface area contributed by atoms with Crippen LogP contribution in [-0.2, 0) is 0 Å². The maximum absolute atomic E-state index is 12.2. The molecular formula is C43H79N3O2. The molecule has 4 aliphatic rings. The van der Waals surface area contributed by atoms with Gasteiger partial charge in [0.2, 0.25) is 0 Å². The molecule has 278 valence electrons. The third kappa shape index (κ3) is 9.62. The first-order valence-corrected chi connectivity index (χ1v) is 20.8. The number of rotatable bonds is 19. The Labute approximate surface area is 298 Å². The van der Waals surface area contributed by atoms with Crippen molar-refractivity contribution in [3.8, 4) is 0 Å². The molecule has 0 bridgehead atoms. The normalized spacial score (nSPS) is 32.9. The van der Waals surface area contributed by atoms with Crippen LogP contribution < -0.4 is 0 Å². The number of allylic oxidation sites excluding steroid dienone is 2. The molecule has 2 unspecified atom stereocenters. The van der Waals surface area contributed by atoms with Gasteiger partial charge in [-0.2, -0.15) is 0 Å². The van der Waals surface area contributed by atoms with Crippen LogP contribution in [0.1, 0.15) is 150 Å². The van der Waals surface area contributed by atoms with Crippen molar-refractivity contribution in [1.29, 1.82) is 0 Å². The summed E-state index contributed by atoms with van der Waals surface area (Å²) in [7, 11) is 8.74. The van der Waals surface area contributed by atoms with Gasteiger partial charge in [0.15, 0.2) is 0 Å². The van der Waals surface area contributed by atoms with E-state index in [9.17, 15) is 9.90 Å². The van der Waals surface area contributed by atoms with Gasteiger partial charge in [0.05, 0.1) is 0 Å². The smallest absolute Gasteiger partial charge is 0.407 e. The van der Waals surface area contributed by atoms with E-state index >= 15 is 0 Å². The highest BCUT2D eigenvalue weighted by Crippen LogP contribution is 2.67. The predicted octanol–water partition coefficient (Wildman–Crippen LogP) is 10.8. The summed E-state index contributed by atoms with van der Waals surface area (Å²) in [6, 6.07) is 0.439. The standard InChI is InChI=1S/C43H79N3O2/c1-32(2)17-16-18-33(3)37-21-22-38-36-20-19-35-31-34(23-26-42(35,4)39(36)24-27-43(37,38)5)40(45(8)9)25-30-46(41(47)48)29-15-13-11-10-12-14-28-44(6)7/h19,32-34,36-40H,10-18,20-31H2,1-9H3,(H,47,48)/t33?,34-,36-,37+,38-,39-,40?,42-,43+/m0/s1. The zero-order valence-corrected chi connectivity index (χ0v) is 33.2. The largest absolute Gasteiger partial charge is 0.465 e. The van der Waals surface area contributed by atoms with Gasteiger partial charge in [0.1, 0.15) is 0 Å². The van der Waals surface area contributed by atoms with Crippen molar-refractivity contribution in [3.63, 3.8) is 0 Å². The Hall–Kier alpha value is -1.07. The Kier molecular flexibility index (Phi) is 14.8. The van der Waals surface area contributed by atoms with Crippen molar-refractivity contribution < 1.29 is 9.90 Å². The molecule has 0 saturated heterocycles. The molecule has 0 aromatic heterocycles. The van der Waals surface area contributed by atoms with Crippen LogP contribution in [0.4, 0.5) is 4.79 Å². The first kappa shape index (κ1) is 39.7. The van der Waals surface area contributed by atoms with Crippen molar-refractivity contribution in [2.45, 2.75) is 156 Å². The summed E-state index contributed by atoms with van der Waals surface area (Å²) in [6.07, 6.45) is 25.3. The molecular weight excluding hydrogens is 590 g/mol. The maximum Gasteiger partial charge on any atom is 0.407 e. The summed E-state index contributed by atoms with van der Waals surface area (Å²) in [5.41, 5.74) is 2.70. The molecule has 1 amide bonds. The second-order valence-corrected chi connectivity index (χ2v) is 18.8. The highest BCUT2D eigenvalue weighted by molar-refractivity contribution is 5.64. The van der Waals surface area contributed by atoms with E-state index < -0.39 is 6.09 Å². The summed E-state index contributed by atoms with van der Waals surface area (Å²) < 4.78 is 0. The minimum Gasteiger partial charge on any atom is -0.465 e. The number of fused-ring (bicyclic) bond motifs is 5. The van der Waals surface area contributed by atoms with Crippen LogP contribution in [-0.4, -0.2) is 79.8 Å². The zero-order valence-electron chi connectivity index (χ0n) is 33.2. The van der Waals surface area contributed by atoms with Crippen LogP contribution in [0.3, 0.4) is 0 Å². The molecule has 4 aliphatic carbocycles. The molecule has 3 fully saturated rings. The van der Waals surface area contributed by atoms with Crippen molar-refractivity contribution in [2.24, 2.45) is 52.3 Å². The quantitative estimate of drug-likeness (QED) is 0.110. The molecule has 3 saturated carbocycles. The molecule has 1 N–H and O–H groups in total. The van der Waals surface area contributed by atoms with Gasteiger partial charge in [-0.25, -0.2) is 4.79 Å². The first-order chi connectivity index (χ1) is 22.8. The van der Waals surface area contributed by atoms with E-state index in [1.807, 2.05) is 0 Å². The third-order valence-electron chi connectivity index (χ3n) is 14.8. The monoisotopic (exact) mass is 670 g/mol. The number of hydrogen-bond donors (Lipinski definition) is 1. The van der Waals surface area contributed by atoms with Gasteiger partial charge in [-0.3, -0.25) is 0 Å². The van der Waals surface area contributed by atoms with Gasteiger partial charge < -0.3 is 19.8 Å². The van der Waals surface area contributed by atoms with Crippen LogP contribution in [0.5, 0.6) is 0 Å². The molecule has 0 aliphatic heterocycles. The van der Waals surface area contributed by atoms with Crippen LogP contribution in [0.2, 0.25) is 0 Å². The summed E-state index contributed by atoms with van der Waals surface area (Å²) in [5, 5.41) is 10.0. The van der Waals surface area contributed by atoms with Gasteiger partial charge in [-0.05, 0) is 158 Å². The third-order valence-corrected chi connectivity index (χ3v) is 14.8. The minimum atomic E-state index is -0.737. The lowest BCUT2D eigenvalue weighted by Crippen LogP contribution is -2.51. The maximum atomic E-state index is 12.2. The lowest BCUT2D eigenvalue weighted by molar-refractivity contribution is -0.0550. The fraction of sp³-hybridized carbons (Fsp3) is 0.930. The fourth-order valence-corrected chi connectivity index (χ4v) is 12.0. The molecule has 4 rings (SSSR count). The number of carbonyl (C=O) groups is 1. The minimum absolute atomic E-state index is 0.373. The lowest BCUT2D eigenvalue weighted by Gasteiger charge is -2.59. The number of amides is 1. The number of nitrogens with zero attached hydrogens (tertiary/aromatic N) is 3. The second kappa shape index (κ2) is 17.9. The Morgan fingerprint density at radius 1 is 0.812 bits per heavy atom. The van der Waals surface area contributed by atoms with Crippen LogP contribution in [0.15, 0.2) is 11.6 Å². The number of carboxylic acid groups (broad SMARTS) is 1. The molecule has 0 spiro atoms. The van der Waals surface area contributed by atoms with E-state index in [0.717, 1.165) is 61.3 Å². The van der Waals surface area contributed by atoms with E-state index in [1.165, 1.54) is 96.3 Å². The van der Waals surface area contributed by atoms with Crippen molar-refractivity contribution in [1.82, 2.24) is 14.7 Å². The average Bonchev–Trinajstić information content (AvgIpc) is 3.38. The summed E-state index contributed by atoms with van der Waals surface area (Å²) >= 11 is 0. The topological polar surface area (TPSA) is 47.0 Å². The Balaban J connectivity index is 1.31. The molecule has 0 heterocycles. The van der Waals surface area contributed by atoms with Gasteiger partial charge in [-0.15, -0.1) is 0 Å². The van der Waals surface area contributed by atoms with E-state index in [0.29, 0.717) is 35.9 Å². The predicted molar refractivity (Wildman–Crippen MR) is 204 cm³/mol. The molecule has 0 radical (unpaired) electrons. The molecule has 0 aromatic rings. The first-order valence-electron chi connectivity index (χ1n) is 20.8. The summed E-state index contributed by atoms with van der Waals surface area (Å²) in [5.74, 6) is 5.92. The van der Waals surface area contributed by atoms with Gasteiger partial charge in [0, 0.05) is 19.1 Å². The molecule has 5 heteroatoms. The van der Waals surface area contributed by atoms with Crippen LogP contribution in [0.25, 0.3) is 0 Å². The number of hydrogen-bond acceptors (Lipinski definition) is 3. The molecule has 9 atom stereocenters. The van der Waals surface area contributed by atoms with Crippen molar-refractivity contribution >= 4 is 6.09 Å². The Morgan fingerprint density at radius 3 is 2.15 bits per heavy atom. The van der Waals surface area contributed by atoms with E-state index in [-0.39, 0.29) is 0 Å². The molecule has 0 aromatic carbocycles. The van der Waals surface area contributed by atoms with E-state index in [4.69, 9.17) is 0 Å². The van der Waals surface area contributed by atoms with Crippen LogP contribution in [0, 0.1) is 52.3 Å². The van der Waals surface area contributed by atoms with Crippen LogP contribution >= 0.6 is 0 Å². The zero-order chi connectivity index (χ0) is 35.1. The van der Waals surface area contributed by atoms with Gasteiger partial charge in [-0.1, -0.05) is 91.2 Å². The second-order valence-electron chi connectivity index (χ2n) is 18.8. The lowest BCUT2D eigenvalue weighted by atomic mass is 9.46. The van der Waals surface area contributed by atoms with E-state index in [1.54, 1.807) is 10.5 Å². The molecule has 5 nitrogen and oxygen atoms in total. The van der Waals surface area contributed by atoms with E-state index in [2.05, 4.69) is 78.7 Å². The van der Waals surface area contributed by atoms with Crippen molar-refractivity contribution in [2.75, 3.05) is 47.8 Å². The van der Waals surface area contributed by atoms with Gasteiger partial charge in [0.25, 0.3) is 0 Å². The summed E-state index contributed by atoms with van der Waals surface area (Å²) in [6.45, 7) is 15.2. The SMILES string of the molecule is CC(C)CCCC(C)[C@H]1CC[C@H]2[C@@H]3CC=C4C[C@@H](C(CCN(CCCCCCCCN(C)C)C(=O)O)N(C)C)CC[C@]4(C)[C@H]3CC[C@]12C. The summed E-state index contributed by atoms with van der Waals surface area (Å²) in [4.78, 5) is 18.6. The highest BCUT2D eigenvalue weighted by Gasteiger charge is 2.59. The highest BCUT2D eigenvalue weighted by atomic mass is 16.4. The molecule has 48 heavy (non-hydrogen) atoms. The fourth-order valence-electron chi connectivity index (χ4n) is 12.0. The average molecular weight is 670 g/mol. The Bertz CT molecular complexity index is 1020.